The van der Waals surface area contributed by atoms with E-state index >= 15 is 0 Å². The predicted molar refractivity (Wildman–Crippen MR) is 82.5 cm³/mol. The highest BCUT2D eigenvalue weighted by molar-refractivity contribution is 5.43. The zero-order valence-corrected chi connectivity index (χ0v) is 12.5. The molecule has 1 N–H and O–H groups in total. The van der Waals surface area contributed by atoms with Gasteiger partial charge in [0.15, 0.2) is 5.89 Å². The van der Waals surface area contributed by atoms with Crippen molar-refractivity contribution in [1.29, 1.82) is 0 Å². The number of nitrogens with one attached hydrogen (secondary N) is 1. The first kappa shape index (κ1) is 13.1. The fourth-order valence-corrected chi connectivity index (χ4v) is 3.92. The summed E-state index contributed by atoms with van der Waals surface area (Å²) < 4.78 is 6.01. The lowest BCUT2D eigenvalue weighted by Crippen LogP contribution is -2.16. The summed E-state index contributed by atoms with van der Waals surface area (Å²) in [7, 11) is 0. The molecule has 0 radical (unpaired) electrons. The molecular weight excluding hydrogens is 260 g/mol. The third-order valence-electron chi connectivity index (χ3n) is 5.00. The molecule has 3 atom stereocenters. The van der Waals surface area contributed by atoms with E-state index in [2.05, 4.69) is 41.5 Å². The molecule has 0 amide bonds. The van der Waals surface area contributed by atoms with Crippen LogP contribution in [0, 0.1) is 5.92 Å². The number of benzene rings is 1. The molecule has 0 bridgehead atoms. The van der Waals surface area contributed by atoms with Gasteiger partial charge in [0.25, 0.3) is 0 Å². The number of rotatable bonds is 5. The number of aromatic nitrogens is 1. The smallest absolute Gasteiger partial charge is 0.195 e. The molecule has 1 heterocycles. The Bertz CT molecular complexity index is 634. The average molecular weight is 282 g/mol. The van der Waals surface area contributed by atoms with Gasteiger partial charge in [-0.1, -0.05) is 31.2 Å². The summed E-state index contributed by atoms with van der Waals surface area (Å²) >= 11 is 0. The molecule has 2 aliphatic carbocycles. The molecule has 0 spiro atoms. The first-order valence-corrected chi connectivity index (χ1v) is 8.11. The zero-order valence-electron chi connectivity index (χ0n) is 12.5. The van der Waals surface area contributed by atoms with Crippen molar-refractivity contribution in [2.45, 2.75) is 38.0 Å². The molecule has 21 heavy (non-hydrogen) atoms. The van der Waals surface area contributed by atoms with Gasteiger partial charge in [-0.05, 0) is 42.3 Å². The van der Waals surface area contributed by atoms with Gasteiger partial charge in [-0.25, -0.2) is 4.98 Å². The highest BCUT2D eigenvalue weighted by atomic mass is 16.4. The van der Waals surface area contributed by atoms with Gasteiger partial charge in [0.1, 0.15) is 5.76 Å². The minimum atomic E-state index is 0.564. The Morgan fingerprint density at radius 2 is 2.19 bits per heavy atom. The first-order valence-electron chi connectivity index (χ1n) is 8.11. The van der Waals surface area contributed by atoms with Gasteiger partial charge in [-0.15, -0.1) is 0 Å². The van der Waals surface area contributed by atoms with Gasteiger partial charge >= 0.3 is 0 Å². The lowest BCUT2D eigenvalue weighted by Gasteiger charge is -2.13. The predicted octanol–water partition coefficient (Wildman–Crippen LogP) is 3.27. The highest BCUT2D eigenvalue weighted by Gasteiger charge is 2.55. The number of oxazole rings is 1. The van der Waals surface area contributed by atoms with Gasteiger partial charge in [0.2, 0.25) is 0 Å². The van der Waals surface area contributed by atoms with Crippen molar-refractivity contribution in [3.8, 4) is 0 Å². The first-order chi connectivity index (χ1) is 10.4. The minimum absolute atomic E-state index is 0.564. The molecule has 2 aromatic rings. The monoisotopic (exact) mass is 282 g/mol. The van der Waals surface area contributed by atoms with Crippen LogP contribution in [0.15, 0.2) is 34.9 Å². The molecule has 1 saturated carbocycles. The van der Waals surface area contributed by atoms with E-state index in [9.17, 15) is 0 Å². The van der Waals surface area contributed by atoms with Crippen molar-refractivity contribution < 1.29 is 4.42 Å². The van der Waals surface area contributed by atoms with Crippen molar-refractivity contribution in [3.63, 3.8) is 0 Å². The Morgan fingerprint density at radius 3 is 3.10 bits per heavy atom. The standard InChI is InChI=1S/C18H22N2O/c1-2-19-10-9-16-20-11-15(21-16)18-14-8-7-12-5-3-4-6-13(12)17(14)18/h3-6,11,14,17-19H,2,7-10H2,1H3. The molecule has 2 aliphatic rings. The van der Waals surface area contributed by atoms with E-state index in [-0.39, 0.29) is 0 Å². The molecule has 4 rings (SSSR count). The largest absolute Gasteiger partial charge is 0.445 e. The van der Waals surface area contributed by atoms with Crippen LogP contribution in [0.4, 0.5) is 0 Å². The number of hydrogen-bond acceptors (Lipinski definition) is 3. The average Bonchev–Trinajstić information content (AvgIpc) is 3.09. The molecular formula is C18H22N2O. The van der Waals surface area contributed by atoms with E-state index < -0.39 is 0 Å². The number of hydrogen-bond donors (Lipinski definition) is 1. The van der Waals surface area contributed by atoms with Gasteiger partial charge in [-0.2, -0.15) is 0 Å². The van der Waals surface area contributed by atoms with Crippen LogP contribution in [0.3, 0.4) is 0 Å². The topological polar surface area (TPSA) is 38.1 Å². The number of aryl methyl sites for hydroxylation is 1. The minimum Gasteiger partial charge on any atom is -0.445 e. The summed E-state index contributed by atoms with van der Waals surface area (Å²) in [5, 5.41) is 3.31. The van der Waals surface area contributed by atoms with Crippen LogP contribution in [0.1, 0.15) is 48.0 Å². The summed E-state index contributed by atoms with van der Waals surface area (Å²) in [6.45, 7) is 4.06. The number of nitrogens with zero attached hydrogens (tertiary/aromatic N) is 1. The number of likely N-dealkylation sites (N-methyl/N-ethyl adjacent to an activating group) is 1. The van der Waals surface area contributed by atoms with Crippen molar-refractivity contribution in [2.24, 2.45) is 5.92 Å². The van der Waals surface area contributed by atoms with Crippen LogP contribution in [0.5, 0.6) is 0 Å². The molecule has 1 fully saturated rings. The summed E-state index contributed by atoms with van der Waals surface area (Å²) in [5.74, 6) is 3.99. The molecule has 0 aliphatic heterocycles. The summed E-state index contributed by atoms with van der Waals surface area (Å²) in [5.41, 5.74) is 3.08. The quantitative estimate of drug-likeness (QED) is 0.855. The Hall–Kier alpha value is -1.61. The summed E-state index contributed by atoms with van der Waals surface area (Å²) in [6.07, 6.45) is 5.36. The molecule has 3 heteroatoms. The maximum Gasteiger partial charge on any atom is 0.195 e. The second-order valence-electron chi connectivity index (χ2n) is 6.21. The van der Waals surface area contributed by atoms with Gasteiger partial charge in [-0.3, -0.25) is 0 Å². The van der Waals surface area contributed by atoms with E-state index in [0.29, 0.717) is 11.8 Å². The second-order valence-corrected chi connectivity index (χ2v) is 6.21. The molecule has 1 aromatic heterocycles. The van der Waals surface area contributed by atoms with Crippen molar-refractivity contribution in [2.75, 3.05) is 13.1 Å². The fourth-order valence-electron chi connectivity index (χ4n) is 3.92. The van der Waals surface area contributed by atoms with Gasteiger partial charge < -0.3 is 9.73 Å². The van der Waals surface area contributed by atoms with Crippen LogP contribution in [-0.4, -0.2) is 18.1 Å². The van der Waals surface area contributed by atoms with E-state index in [1.54, 1.807) is 5.56 Å². The summed E-state index contributed by atoms with van der Waals surface area (Å²) in [4.78, 5) is 4.46. The Kier molecular flexibility index (Phi) is 3.30. The third-order valence-corrected chi connectivity index (χ3v) is 5.00. The van der Waals surface area contributed by atoms with E-state index in [1.807, 2.05) is 6.20 Å². The van der Waals surface area contributed by atoms with Crippen LogP contribution >= 0.6 is 0 Å². The second kappa shape index (κ2) is 5.30. The van der Waals surface area contributed by atoms with Crippen LogP contribution < -0.4 is 5.32 Å². The highest BCUT2D eigenvalue weighted by Crippen LogP contribution is 2.65. The van der Waals surface area contributed by atoms with Crippen LogP contribution in [0.2, 0.25) is 0 Å². The maximum absolute atomic E-state index is 6.01. The normalized spacial score (nSPS) is 26.2. The van der Waals surface area contributed by atoms with Crippen molar-refractivity contribution in [1.82, 2.24) is 10.3 Å². The van der Waals surface area contributed by atoms with Gasteiger partial charge in [0, 0.05) is 18.9 Å². The van der Waals surface area contributed by atoms with E-state index in [4.69, 9.17) is 4.42 Å². The van der Waals surface area contributed by atoms with E-state index in [0.717, 1.165) is 37.1 Å². The fraction of sp³-hybridized carbons (Fsp3) is 0.500. The Morgan fingerprint density at radius 1 is 1.29 bits per heavy atom. The van der Waals surface area contributed by atoms with Crippen molar-refractivity contribution >= 4 is 0 Å². The molecule has 3 nitrogen and oxygen atoms in total. The summed E-state index contributed by atoms with van der Waals surface area (Å²) in [6, 6.07) is 8.90. The lowest BCUT2D eigenvalue weighted by atomic mass is 9.92. The van der Waals surface area contributed by atoms with Crippen LogP contribution in [0.25, 0.3) is 0 Å². The van der Waals surface area contributed by atoms with Crippen molar-refractivity contribution in [3.05, 3.63) is 53.2 Å². The van der Waals surface area contributed by atoms with Crippen LogP contribution in [-0.2, 0) is 12.8 Å². The Balaban J connectivity index is 1.50. The van der Waals surface area contributed by atoms with Gasteiger partial charge in [0.05, 0.1) is 6.20 Å². The number of fused-ring (bicyclic) bond motifs is 3. The Labute approximate surface area is 125 Å². The molecule has 1 aromatic carbocycles. The van der Waals surface area contributed by atoms with E-state index in [1.165, 1.54) is 18.4 Å². The maximum atomic E-state index is 6.01. The SMILES string of the molecule is CCNCCc1ncc(C2C3CCc4ccccc4C32)o1. The lowest BCUT2D eigenvalue weighted by molar-refractivity contribution is 0.444. The molecule has 110 valence electrons. The molecule has 0 saturated heterocycles. The zero-order chi connectivity index (χ0) is 14.2. The molecule has 3 unspecified atom stereocenters. The third kappa shape index (κ3) is 2.30.